The van der Waals surface area contributed by atoms with Crippen molar-refractivity contribution in [2.75, 3.05) is 0 Å². The van der Waals surface area contributed by atoms with Crippen molar-refractivity contribution in [1.82, 2.24) is 0 Å². The molecule has 0 aliphatic heterocycles. The van der Waals surface area contributed by atoms with Crippen molar-refractivity contribution in [3.8, 4) is 0 Å². The number of Topliss-reactive ketones (excluding diaryl/α,β-unsaturated/α-hetero) is 4. The normalized spacial score (nSPS) is 8.63. The fraction of sp³-hybridized carbons (Fsp3) is 0.714. The van der Waals surface area contributed by atoms with E-state index in [1.807, 2.05) is 13.8 Å². The first-order valence-corrected chi connectivity index (χ1v) is 6.35. The summed E-state index contributed by atoms with van der Waals surface area (Å²) in [5.41, 5.74) is 0. The van der Waals surface area contributed by atoms with E-state index in [-0.39, 0.29) is 57.0 Å². The molecule has 0 heterocycles. The van der Waals surface area contributed by atoms with Gasteiger partial charge in [0.2, 0.25) is 0 Å². The molecule has 5 heteroatoms. The molecule has 0 aromatic heterocycles. The van der Waals surface area contributed by atoms with Crippen LogP contribution in [0.15, 0.2) is 0 Å². The van der Waals surface area contributed by atoms with Gasteiger partial charge >= 0.3 is 0 Å². The minimum atomic E-state index is -0.0338. The van der Waals surface area contributed by atoms with E-state index in [2.05, 4.69) is 0 Å². The Morgan fingerprint density at radius 3 is 1.11 bits per heavy atom. The zero-order chi connectivity index (χ0) is 14.6. The average Bonchev–Trinajstić information content (AvgIpc) is 2.16. The van der Waals surface area contributed by atoms with Crippen LogP contribution in [0.25, 0.3) is 0 Å². The predicted octanol–water partition coefficient (Wildman–Crippen LogP) is 2.67. The minimum Gasteiger partial charge on any atom is -0.300 e. The molecule has 19 heavy (non-hydrogen) atoms. The molecular weight excluding hydrogens is 427 g/mol. The molecule has 4 nitrogen and oxygen atoms in total. The molecule has 0 aromatic carbocycles. The number of carbonyl (C=O) groups is 4. The first-order chi connectivity index (χ1) is 8.33. The average molecular weight is 451 g/mol. The van der Waals surface area contributed by atoms with Gasteiger partial charge in [-0.25, -0.2) is 0 Å². The third-order valence-electron chi connectivity index (χ3n) is 1.95. The molecule has 0 saturated carbocycles. The molecule has 0 aliphatic carbocycles. The molecule has 0 spiro atoms. The largest absolute Gasteiger partial charge is 0.300 e. The Bertz CT molecular complexity index is 268. The maximum Gasteiger partial charge on any atom is 0.140 e. The Balaban J connectivity index is -0.000000256. The molecule has 0 aromatic rings. The van der Waals surface area contributed by atoms with Gasteiger partial charge in [-0.15, -0.1) is 0 Å². The Hall–Kier alpha value is -0.632. The van der Waals surface area contributed by atoms with Gasteiger partial charge in [-0.2, -0.15) is 0 Å². The molecule has 0 N–H and O–H groups in total. The second kappa shape index (κ2) is 15.4. The van der Waals surface area contributed by atoms with Crippen LogP contribution in [-0.2, 0) is 40.2 Å². The number of hydrogen-bond donors (Lipinski definition) is 0. The number of rotatable bonds is 8. The molecule has 0 radical (unpaired) electrons. The molecule has 0 rings (SSSR count). The second-order valence-electron chi connectivity index (χ2n) is 4.33. The Labute approximate surface area is 130 Å². The quantitative estimate of drug-likeness (QED) is 0.533. The summed E-state index contributed by atoms with van der Waals surface area (Å²) in [6.45, 7) is 6.73. The molecule has 0 fully saturated rings. The van der Waals surface area contributed by atoms with Crippen LogP contribution in [-0.4, -0.2) is 23.1 Å². The van der Waals surface area contributed by atoms with Crippen LogP contribution in [0.1, 0.15) is 66.2 Å². The van der Waals surface area contributed by atoms with E-state index in [0.717, 1.165) is 12.8 Å². The van der Waals surface area contributed by atoms with E-state index in [4.69, 9.17) is 0 Å². The Kier molecular flexibility index (Phi) is 19.0. The van der Waals surface area contributed by atoms with E-state index in [9.17, 15) is 19.2 Å². The molecular formula is C14H24O4Pt. The topological polar surface area (TPSA) is 68.3 Å². The first kappa shape index (κ1) is 23.5. The fourth-order valence-corrected chi connectivity index (χ4v) is 1.29. The van der Waals surface area contributed by atoms with Gasteiger partial charge < -0.3 is 0 Å². The summed E-state index contributed by atoms with van der Waals surface area (Å²) in [6, 6.07) is 0. The molecule has 0 atom stereocenters. The molecule has 0 bridgehead atoms. The van der Waals surface area contributed by atoms with Crippen molar-refractivity contribution in [2.24, 2.45) is 0 Å². The van der Waals surface area contributed by atoms with E-state index in [1.54, 1.807) is 0 Å². The van der Waals surface area contributed by atoms with Crippen molar-refractivity contribution in [3.63, 3.8) is 0 Å². The number of ketones is 4. The number of carbonyl (C=O) groups excluding carboxylic acids is 4. The first-order valence-electron chi connectivity index (χ1n) is 6.35. The molecule has 0 amide bonds. The zero-order valence-electron chi connectivity index (χ0n) is 12.2. The van der Waals surface area contributed by atoms with Gasteiger partial charge in [-0.05, 0) is 26.7 Å². The van der Waals surface area contributed by atoms with Crippen LogP contribution >= 0.6 is 0 Å². The van der Waals surface area contributed by atoms with Crippen molar-refractivity contribution in [3.05, 3.63) is 0 Å². The van der Waals surface area contributed by atoms with Crippen molar-refractivity contribution >= 4 is 23.1 Å². The Morgan fingerprint density at radius 2 is 0.947 bits per heavy atom. The van der Waals surface area contributed by atoms with Crippen LogP contribution in [0.5, 0.6) is 0 Å². The second-order valence-corrected chi connectivity index (χ2v) is 4.33. The smallest absolute Gasteiger partial charge is 0.140 e. The van der Waals surface area contributed by atoms with E-state index in [0.29, 0.717) is 12.8 Å². The van der Waals surface area contributed by atoms with Gasteiger partial charge in [0.15, 0.2) is 0 Å². The van der Waals surface area contributed by atoms with E-state index in [1.165, 1.54) is 13.8 Å². The van der Waals surface area contributed by atoms with Crippen molar-refractivity contribution in [2.45, 2.75) is 66.2 Å². The van der Waals surface area contributed by atoms with Crippen molar-refractivity contribution in [1.29, 1.82) is 0 Å². The fourth-order valence-electron chi connectivity index (χ4n) is 1.29. The standard InChI is InChI=1S/2C7H12O2.Pt/c2*1-3-4-7(9)5-6(2)8;/h2*3-5H2,1-2H3;. The summed E-state index contributed by atoms with van der Waals surface area (Å²) in [7, 11) is 0. The minimum absolute atomic E-state index is 0. The van der Waals surface area contributed by atoms with Crippen LogP contribution in [0.4, 0.5) is 0 Å². The number of hydrogen-bond acceptors (Lipinski definition) is 4. The van der Waals surface area contributed by atoms with Crippen LogP contribution in [0.3, 0.4) is 0 Å². The monoisotopic (exact) mass is 451 g/mol. The third kappa shape index (κ3) is 23.0. The van der Waals surface area contributed by atoms with Crippen LogP contribution in [0.2, 0.25) is 0 Å². The summed E-state index contributed by atoms with van der Waals surface area (Å²) in [4.78, 5) is 41.9. The predicted molar refractivity (Wildman–Crippen MR) is 70.4 cm³/mol. The summed E-state index contributed by atoms with van der Waals surface area (Å²) in [6.07, 6.45) is 3.00. The maximum atomic E-state index is 10.6. The molecule has 0 saturated heterocycles. The molecule has 114 valence electrons. The van der Waals surface area contributed by atoms with E-state index < -0.39 is 0 Å². The molecule has 0 aliphatic rings. The van der Waals surface area contributed by atoms with Crippen LogP contribution < -0.4 is 0 Å². The van der Waals surface area contributed by atoms with Gasteiger partial charge in [0, 0.05) is 33.9 Å². The zero-order valence-corrected chi connectivity index (χ0v) is 14.5. The summed E-state index contributed by atoms with van der Waals surface area (Å²) in [5.74, 6) is 0.0527. The van der Waals surface area contributed by atoms with E-state index >= 15 is 0 Å². The van der Waals surface area contributed by atoms with Crippen LogP contribution in [0, 0.1) is 0 Å². The van der Waals surface area contributed by atoms with Gasteiger partial charge in [0.25, 0.3) is 0 Å². The SMILES string of the molecule is CCCC(=O)CC(C)=O.CCCC(=O)CC(C)=O.[Pt]. The van der Waals surface area contributed by atoms with Gasteiger partial charge in [-0.3, -0.25) is 19.2 Å². The summed E-state index contributed by atoms with van der Waals surface area (Å²) in [5, 5.41) is 0. The van der Waals surface area contributed by atoms with Crippen molar-refractivity contribution < 1.29 is 40.2 Å². The van der Waals surface area contributed by atoms with Gasteiger partial charge in [-0.1, -0.05) is 13.8 Å². The summed E-state index contributed by atoms with van der Waals surface area (Å²) < 4.78 is 0. The molecule has 0 unspecified atom stereocenters. The summed E-state index contributed by atoms with van der Waals surface area (Å²) >= 11 is 0. The maximum absolute atomic E-state index is 10.6. The Morgan fingerprint density at radius 1 is 0.684 bits per heavy atom. The third-order valence-corrected chi connectivity index (χ3v) is 1.95. The van der Waals surface area contributed by atoms with Gasteiger partial charge in [0.1, 0.15) is 23.1 Å². The van der Waals surface area contributed by atoms with Gasteiger partial charge in [0.05, 0.1) is 12.8 Å².